The molecule has 1 aromatic rings. The van der Waals surface area contributed by atoms with E-state index >= 15 is 0 Å². The van der Waals surface area contributed by atoms with Crippen molar-refractivity contribution in [2.24, 2.45) is 0 Å². The summed E-state index contributed by atoms with van der Waals surface area (Å²) in [5.74, 6) is 0.00835. The average Bonchev–Trinajstić information content (AvgIpc) is 3.09. The van der Waals surface area contributed by atoms with E-state index in [1.54, 1.807) is 24.3 Å². The number of amides is 1. The van der Waals surface area contributed by atoms with Crippen molar-refractivity contribution < 1.29 is 13.2 Å². The van der Waals surface area contributed by atoms with Crippen LogP contribution in [0.5, 0.6) is 0 Å². The van der Waals surface area contributed by atoms with Gasteiger partial charge in [-0.15, -0.1) is 0 Å². The summed E-state index contributed by atoms with van der Waals surface area (Å²) in [4.78, 5) is 12.0. The molecule has 1 aliphatic rings. The number of carbonyl (C=O) groups excluding carboxylic acids is 1. The molecule has 0 aliphatic carbocycles. The second-order valence-electron chi connectivity index (χ2n) is 5.74. The third-order valence-electron chi connectivity index (χ3n) is 3.95. The number of nitrogens with one attached hydrogen (secondary N) is 2. The zero-order valence-electron chi connectivity index (χ0n) is 13.5. The lowest BCUT2D eigenvalue weighted by atomic mass is 10.2. The third kappa shape index (κ3) is 5.02. The van der Waals surface area contributed by atoms with Crippen molar-refractivity contribution in [3.05, 3.63) is 29.8 Å². The highest BCUT2D eigenvalue weighted by atomic mass is 32.2. The molecule has 1 heterocycles. The molecule has 0 bridgehead atoms. The van der Waals surface area contributed by atoms with Gasteiger partial charge >= 0.3 is 0 Å². The molecule has 23 heavy (non-hydrogen) atoms. The van der Waals surface area contributed by atoms with Crippen LogP contribution in [0.25, 0.3) is 0 Å². The molecule has 128 valence electrons. The van der Waals surface area contributed by atoms with E-state index in [1.165, 1.54) is 4.31 Å². The first kappa shape index (κ1) is 17.9. The Balaban J connectivity index is 1.88. The van der Waals surface area contributed by atoms with Crippen molar-refractivity contribution in [3.63, 3.8) is 0 Å². The number of carbonyl (C=O) groups is 1. The molecule has 6 nitrogen and oxygen atoms in total. The maximum Gasteiger partial charge on any atom is 0.243 e. The predicted molar refractivity (Wildman–Crippen MR) is 89.4 cm³/mol. The van der Waals surface area contributed by atoms with Crippen molar-refractivity contribution in [3.8, 4) is 0 Å². The zero-order valence-corrected chi connectivity index (χ0v) is 14.4. The van der Waals surface area contributed by atoms with E-state index in [0.29, 0.717) is 31.0 Å². The fraction of sp³-hybridized carbons (Fsp3) is 0.562. The maximum absolute atomic E-state index is 12.4. The highest BCUT2D eigenvalue weighted by Gasteiger charge is 2.26. The smallest absolute Gasteiger partial charge is 0.243 e. The van der Waals surface area contributed by atoms with Gasteiger partial charge < -0.3 is 10.6 Å². The first-order valence-electron chi connectivity index (χ1n) is 8.04. The number of nitrogens with zero attached hydrogens (tertiary/aromatic N) is 1. The number of hydrogen-bond acceptors (Lipinski definition) is 4. The van der Waals surface area contributed by atoms with E-state index in [0.717, 1.165) is 31.4 Å². The van der Waals surface area contributed by atoms with Gasteiger partial charge in [0.2, 0.25) is 15.9 Å². The summed E-state index contributed by atoms with van der Waals surface area (Å²) in [5, 5.41) is 5.84. The van der Waals surface area contributed by atoms with E-state index in [4.69, 9.17) is 0 Å². The van der Waals surface area contributed by atoms with Gasteiger partial charge in [0.25, 0.3) is 0 Å². The van der Waals surface area contributed by atoms with Gasteiger partial charge in [-0.3, -0.25) is 4.79 Å². The summed E-state index contributed by atoms with van der Waals surface area (Å²) >= 11 is 0. The Hall–Kier alpha value is -1.44. The second-order valence-corrected chi connectivity index (χ2v) is 7.68. The van der Waals surface area contributed by atoms with E-state index in [1.807, 2.05) is 7.05 Å². The van der Waals surface area contributed by atoms with Crippen LogP contribution < -0.4 is 10.6 Å². The molecule has 1 aliphatic heterocycles. The molecule has 1 saturated heterocycles. The lowest BCUT2D eigenvalue weighted by molar-refractivity contribution is -0.121. The largest absolute Gasteiger partial charge is 0.352 e. The summed E-state index contributed by atoms with van der Waals surface area (Å²) in [5.41, 5.74) is 0.896. The minimum Gasteiger partial charge on any atom is -0.352 e. The van der Waals surface area contributed by atoms with E-state index in [-0.39, 0.29) is 5.91 Å². The SMILES string of the molecule is CNCCCC(=O)NCc1ccc(S(=O)(=O)N2CCCC2)cc1. The van der Waals surface area contributed by atoms with Crippen LogP contribution in [-0.2, 0) is 21.4 Å². The molecular formula is C16H25N3O3S. The Morgan fingerprint density at radius 1 is 1.17 bits per heavy atom. The minimum atomic E-state index is -3.36. The monoisotopic (exact) mass is 339 g/mol. The van der Waals surface area contributed by atoms with Gasteiger partial charge in [0.05, 0.1) is 4.90 Å². The van der Waals surface area contributed by atoms with Crippen molar-refractivity contribution in [1.29, 1.82) is 0 Å². The highest BCUT2D eigenvalue weighted by Crippen LogP contribution is 2.21. The van der Waals surface area contributed by atoms with Crippen molar-refractivity contribution >= 4 is 15.9 Å². The van der Waals surface area contributed by atoms with Crippen LogP contribution in [0, 0.1) is 0 Å². The summed E-state index contributed by atoms with van der Waals surface area (Å²) < 4.78 is 26.4. The summed E-state index contributed by atoms with van der Waals surface area (Å²) in [6.45, 7) is 2.44. The standard InChI is InChI=1S/C16H25N3O3S/c1-17-10-4-5-16(20)18-13-14-6-8-15(9-7-14)23(21,22)19-11-2-3-12-19/h6-9,17H,2-5,10-13H2,1H3,(H,18,20). The molecule has 2 N–H and O–H groups in total. The quantitative estimate of drug-likeness (QED) is 0.695. The molecule has 2 rings (SSSR count). The van der Waals surface area contributed by atoms with Crippen LogP contribution in [-0.4, -0.2) is 45.3 Å². The molecule has 7 heteroatoms. The first-order chi connectivity index (χ1) is 11.0. The lowest BCUT2D eigenvalue weighted by Crippen LogP contribution is -2.28. The molecule has 0 spiro atoms. The molecular weight excluding hydrogens is 314 g/mol. The van der Waals surface area contributed by atoms with Crippen LogP contribution in [0.3, 0.4) is 0 Å². The number of hydrogen-bond donors (Lipinski definition) is 2. The Labute approximate surface area is 138 Å². The van der Waals surface area contributed by atoms with Crippen molar-refractivity contribution in [2.45, 2.75) is 37.1 Å². The van der Waals surface area contributed by atoms with Gasteiger partial charge in [0.15, 0.2) is 0 Å². The van der Waals surface area contributed by atoms with Crippen LogP contribution in [0.1, 0.15) is 31.2 Å². The van der Waals surface area contributed by atoms with Gasteiger partial charge in [-0.25, -0.2) is 8.42 Å². The molecule has 0 atom stereocenters. The number of sulfonamides is 1. The van der Waals surface area contributed by atoms with Gasteiger partial charge in [-0.1, -0.05) is 12.1 Å². The summed E-state index contributed by atoms with van der Waals surface area (Å²) in [7, 11) is -1.51. The molecule has 1 amide bonds. The van der Waals surface area contributed by atoms with Crippen molar-refractivity contribution in [1.82, 2.24) is 14.9 Å². The lowest BCUT2D eigenvalue weighted by Gasteiger charge is -2.15. The molecule has 1 fully saturated rings. The van der Waals surface area contributed by atoms with Gasteiger partial charge in [0.1, 0.15) is 0 Å². The van der Waals surface area contributed by atoms with Crippen LogP contribution in [0.15, 0.2) is 29.2 Å². The normalized spacial score (nSPS) is 15.7. The van der Waals surface area contributed by atoms with Gasteiger partial charge in [-0.05, 0) is 50.6 Å². The summed E-state index contributed by atoms with van der Waals surface area (Å²) in [6, 6.07) is 6.76. The Kier molecular flexibility index (Phi) is 6.56. The average molecular weight is 339 g/mol. The molecule has 0 aromatic heterocycles. The molecule has 1 aromatic carbocycles. The predicted octanol–water partition coefficient (Wildman–Crippen LogP) is 1.09. The van der Waals surface area contributed by atoms with E-state index < -0.39 is 10.0 Å². The molecule has 0 radical (unpaired) electrons. The van der Waals surface area contributed by atoms with Gasteiger partial charge in [-0.2, -0.15) is 4.31 Å². The van der Waals surface area contributed by atoms with Crippen LogP contribution >= 0.6 is 0 Å². The third-order valence-corrected chi connectivity index (χ3v) is 5.86. The number of benzene rings is 1. The highest BCUT2D eigenvalue weighted by molar-refractivity contribution is 7.89. The molecule has 0 saturated carbocycles. The van der Waals surface area contributed by atoms with Crippen LogP contribution in [0.4, 0.5) is 0 Å². The topological polar surface area (TPSA) is 78.5 Å². The van der Waals surface area contributed by atoms with Gasteiger partial charge in [0, 0.05) is 26.1 Å². The molecule has 0 unspecified atom stereocenters. The second kappa shape index (κ2) is 8.42. The Morgan fingerprint density at radius 3 is 2.43 bits per heavy atom. The fourth-order valence-corrected chi connectivity index (χ4v) is 4.09. The minimum absolute atomic E-state index is 0.00835. The maximum atomic E-state index is 12.4. The first-order valence-corrected chi connectivity index (χ1v) is 9.48. The Bertz CT molecular complexity index is 608. The number of rotatable bonds is 8. The summed E-state index contributed by atoms with van der Waals surface area (Å²) in [6.07, 6.45) is 3.14. The fourth-order valence-electron chi connectivity index (χ4n) is 2.57. The van der Waals surface area contributed by atoms with Crippen LogP contribution in [0.2, 0.25) is 0 Å². The Morgan fingerprint density at radius 2 is 1.83 bits per heavy atom. The zero-order chi connectivity index (χ0) is 16.7. The van der Waals surface area contributed by atoms with Crippen molar-refractivity contribution in [2.75, 3.05) is 26.7 Å². The van der Waals surface area contributed by atoms with E-state index in [9.17, 15) is 13.2 Å². The van der Waals surface area contributed by atoms with E-state index in [2.05, 4.69) is 10.6 Å².